The van der Waals surface area contributed by atoms with Crippen LogP contribution in [0.3, 0.4) is 0 Å². The van der Waals surface area contributed by atoms with Crippen molar-refractivity contribution in [2.45, 2.75) is 45.2 Å². The Hall–Kier alpha value is -0.610. The Morgan fingerprint density at radius 3 is 2.94 bits per heavy atom. The number of esters is 1. The van der Waals surface area contributed by atoms with Crippen LogP contribution in [-0.2, 0) is 9.53 Å². The molecule has 3 unspecified atom stereocenters. The summed E-state index contributed by atoms with van der Waals surface area (Å²) < 4.78 is 5.35. The summed E-state index contributed by atoms with van der Waals surface area (Å²) in [5.41, 5.74) is 3.37. The van der Waals surface area contributed by atoms with Crippen LogP contribution in [0, 0.1) is 11.8 Å². The number of rotatable bonds is 3. The van der Waals surface area contributed by atoms with Gasteiger partial charge in [-0.05, 0) is 18.8 Å². The van der Waals surface area contributed by atoms with Crippen molar-refractivity contribution < 1.29 is 9.53 Å². The second kappa shape index (κ2) is 4.72. The van der Waals surface area contributed by atoms with E-state index < -0.39 is 0 Å². The fourth-order valence-electron chi connectivity index (χ4n) is 2.82. The first-order valence-electron chi connectivity index (χ1n) is 6.25. The predicted molar refractivity (Wildman–Crippen MR) is 61.6 cm³/mol. The minimum Gasteiger partial charge on any atom is -0.464 e. The molecule has 2 fully saturated rings. The van der Waals surface area contributed by atoms with Gasteiger partial charge in [-0.3, -0.25) is 10.2 Å². The smallest absolute Gasteiger partial charge is 0.325 e. The summed E-state index contributed by atoms with van der Waals surface area (Å²) in [6.45, 7) is 4.64. The van der Waals surface area contributed by atoms with E-state index in [9.17, 15) is 4.79 Å². The molecule has 0 spiro atoms. The maximum atomic E-state index is 12.0. The van der Waals surface area contributed by atoms with Gasteiger partial charge in [0.1, 0.15) is 6.04 Å². The van der Waals surface area contributed by atoms with Crippen LogP contribution in [0.15, 0.2) is 0 Å². The molecular formula is C12H22N2O2. The number of carbonyl (C=O) groups is 1. The number of likely N-dealkylation sites (N-methyl/N-ethyl adjacent to an activating group) is 1. The molecule has 1 aliphatic heterocycles. The van der Waals surface area contributed by atoms with Gasteiger partial charge < -0.3 is 4.74 Å². The first-order valence-corrected chi connectivity index (χ1v) is 6.25. The second-order valence-electron chi connectivity index (χ2n) is 5.41. The van der Waals surface area contributed by atoms with Gasteiger partial charge >= 0.3 is 5.97 Å². The van der Waals surface area contributed by atoms with Gasteiger partial charge in [0.25, 0.3) is 0 Å². The van der Waals surface area contributed by atoms with Gasteiger partial charge in [0.15, 0.2) is 0 Å². The largest absolute Gasteiger partial charge is 0.464 e. The van der Waals surface area contributed by atoms with Crippen molar-refractivity contribution >= 4 is 5.97 Å². The molecule has 1 N–H and O–H groups in total. The lowest BCUT2D eigenvalue weighted by atomic mass is 9.97. The van der Waals surface area contributed by atoms with Crippen molar-refractivity contribution in [3.8, 4) is 0 Å². The summed E-state index contributed by atoms with van der Waals surface area (Å²) in [6, 6.07) is 0.410. The number of hydrogen-bond donors (Lipinski definition) is 1. The van der Waals surface area contributed by atoms with Crippen LogP contribution in [0.2, 0.25) is 0 Å². The van der Waals surface area contributed by atoms with Gasteiger partial charge in [-0.2, -0.15) is 0 Å². The number of hydrogen-bond acceptors (Lipinski definition) is 4. The zero-order valence-corrected chi connectivity index (χ0v) is 10.4. The van der Waals surface area contributed by atoms with E-state index in [2.05, 4.69) is 19.3 Å². The minimum absolute atomic E-state index is 0.0573. The lowest BCUT2D eigenvalue weighted by Crippen LogP contribution is -2.42. The third-order valence-corrected chi connectivity index (χ3v) is 3.56. The molecule has 0 aromatic rings. The van der Waals surface area contributed by atoms with Gasteiger partial charge in [0.05, 0.1) is 6.61 Å². The molecule has 16 heavy (non-hydrogen) atoms. The molecular weight excluding hydrogens is 204 g/mol. The van der Waals surface area contributed by atoms with Crippen LogP contribution >= 0.6 is 0 Å². The van der Waals surface area contributed by atoms with Crippen LogP contribution in [0.5, 0.6) is 0 Å². The molecule has 3 atom stereocenters. The molecule has 1 saturated carbocycles. The molecule has 0 radical (unpaired) electrons. The third-order valence-electron chi connectivity index (χ3n) is 3.56. The Labute approximate surface area is 97.3 Å². The molecule has 2 aliphatic rings. The summed E-state index contributed by atoms with van der Waals surface area (Å²) in [4.78, 5) is 12.0. The Kier molecular flexibility index (Phi) is 3.50. The van der Waals surface area contributed by atoms with Crippen molar-refractivity contribution in [2.75, 3.05) is 13.7 Å². The van der Waals surface area contributed by atoms with Gasteiger partial charge in [-0.15, -0.1) is 0 Å². The van der Waals surface area contributed by atoms with E-state index in [0.717, 1.165) is 6.42 Å². The van der Waals surface area contributed by atoms with E-state index in [1.165, 1.54) is 12.8 Å². The highest BCUT2D eigenvalue weighted by Gasteiger charge is 2.46. The van der Waals surface area contributed by atoms with Gasteiger partial charge in [-0.1, -0.05) is 20.3 Å². The van der Waals surface area contributed by atoms with Crippen LogP contribution < -0.4 is 5.43 Å². The highest BCUT2D eigenvalue weighted by Crippen LogP contribution is 2.35. The van der Waals surface area contributed by atoms with Gasteiger partial charge in [0, 0.05) is 19.0 Å². The second-order valence-corrected chi connectivity index (χ2v) is 5.41. The van der Waals surface area contributed by atoms with E-state index in [1.54, 1.807) is 0 Å². The summed E-state index contributed by atoms with van der Waals surface area (Å²) in [7, 11) is 1.94. The van der Waals surface area contributed by atoms with Gasteiger partial charge in [-0.25, -0.2) is 5.01 Å². The van der Waals surface area contributed by atoms with Crippen molar-refractivity contribution in [1.29, 1.82) is 0 Å². The van der Waals surface area contributed by atoms with Gasteiger partial charge in [0.2, 0.25) is 0 Å². The average molecular weight is 226 g/mol. The summed E-state index contributed by atoms with van der Waals surface area (Å²) in [6.07, 6.45) is 3.55. The Morgan fingerprint density at radius 2 is 2.25 bits per heavy atom. The monoisotopic (exact) mass is 226 g/mol. The topological polar surface area (TPSA) is 41.6 Å². The zero-order chi connectivity index (χ0) is 11.7. The molecule has 1 aliphatic carbocycles. The molecule has 0 amide bonds. The highest BCUT2D eigenvalue weighted by molar-refractivity contribution is 5.76. The van der Waals surface area contributed by atoms with Crippen molar-refractivity contribution in [2.24, 2.45) is 11.8 Å². The number of hydrazine groups is 1. The van der Waals surface area contributed by atoms with Crippen LogP contribution in [0.25, 0.3) is 0 Å². The minimum atomic E-state index is -0.0775. The van der Waals surface area contributed by atoms with Crippen LogP contribution in [0.4, 0.5) is 0 Å². The summed E-state index contributed by atoms with van der Waals surface area (Å²) in [5.74, 6) is 0.797. The number of carbonyl (C=O) groups excluding carboxylic acids is 1. The van der Waals surface area contributed by atoms with E-state index in [1.807, 2.05) is 12.1 Å². The molecule has 92 valence electrons. The predicted octanol–water partition coefficient (Wildman–Crippen LogP) is 1.17. The molecule has 0 aromatic heterocycles. The van der Waals surface area contributed by atoms with Crippen molar-refractivity contribution in [1.82, 2.24) is 10.4 Å². The first kappa shape index (κ1) is 11.9. The maximum Gasteiger partial charge on any atom is 0.325 e. The van der Waals surface area contributed by atoms with Crippen LogP contribution in [0.1, 0.15) is 33.1 Å². The van der Waals surface area contributed by atoms with Crippen molar-refractivity contribution in [3.05, 3.63) is 0 Å². The van der Waals surface area contributed by atoms with E-state index in [-0.39, 0.29) is 12.0 Å². The number of ether oxygens (including phenoxy) is 1. The van der Waals surface area contributed by atoms with E-state index in [0.29, 0.717) is 24.5 Å². The number of nitrogens with zero attached hydrogens (tertiary/aromatic N) is 1. The SMILES string of the molecule is CC(C)COC(=O)C1C2CCCC2NN1C. The Bertz CT molecular complexity index is 268. The Morgan fingerprint density at radius 1 is 1.50 bits per heavy atom. The van der Waals surface area contributed by atoms with E-state index in [4.69, 9.17) is 4.74 Å². The highest BCUT2D eigenvalue weighted by atomic mass is 16.5. The normalized spacial score (nSPS) is 34.4. The van der Waals surface area contributed by atoms with Crippen molar-refractivity contribution in [3.63, 3.8) is 0 Å². The molecule has 4 nitrogen and oxygen atoms in total. The molecule has 4 heteroatoms. The summed E-state index contributed by atoms with van der Waals surface area (Å²) >= 11 is 0. The molecule has 2 rings (SSSR count). The molecule has 0 bridgehead atoms. The quantitative estimate of drug-likeness (QED) is 0.734. The molecule has 0 aromatic carbocycles. The standard InChI is InChI=1S/C12H22N2O2/c1-8(2)7-16-12(15)11-9-5-4-6-10(9)13-14(11)3/h8-11,13H,4-7H2,1-3H3. The number of fused-ring (bicyclic) bond motifs is 1. The third kappa shape index (κ3) is 2.23. The lowest BCUT2D eigenvalue weighted by Gasteiger charge is -2.21. The summed E-state index contributed by atoms with van der Waals surface area (Å²) in [5, 5.41) is 1.94. The lowest BCUT2D eigenvalue weighted by molar-refractivity contribution is -0.151. The van der Waals surface area contributed by atoms with E-state index >= 15 is 0 Å². The first-order chi connectivity index (χ1) is 7.59. The zero-order valence-electron chi connectivity index (χ0n) is 10.4. The molecule has 1 heterocycles. The Balaban J connectivity index is 1.94. The number of nitrogens with one attached hydrogen (secondary N) is 1. The molecule has 1 saturated heterocycles. The van der Waals surface area contributed by atoms with Crippen LogP contribution in [-0.4, -0.2) is 36.7 Å². The average Bonchev–Trinajstić information content (AvgIpc) is 2.73. The fourth-order valence-corrected chi connectivity index (χ4v) is 2.82. The fraction of sp³-hybridized carbons (Fsp3) is 0.917. The maximum absolute atomic E-state index is 12.0.